The van der Waals surface area contributed by atoms with Crippen LogP contribution in [0.25, 0.3) is 0 Å². The molecule has 94 valence electrons. The Hall–Kier alpha value is -0.310. The molecule has 3 heteroatoms. The lowest BCUT2D eigenvalue weighted by atomic mass is 10.0. The third-order valence-electron chi connectivity index (χ3n) is 2.97. The fourth-order valence-electron chi connectivity index (χ4n) is 1.86. The monoisotopic (exact) mass is 386 g/mol. The van der Waals surface area contributed by atoms with Gasteiger partial charge in [0.2, 0.25) is 0 Å². The van der Waals surface area contributed by atoms with Gasteiger partial charge < -0.3 is 0 Å². The predicted octanol–water partition coefficient (Wildman–Crippen LogP) is 6.09. The first kappa shape index (κ1) is 14.1. The van der Waals surface area contributed by atoms with Crippen molar-refractivity contribution in [3.8, 4) is 0 Å². The van der Waals surface area contributed by atoms with E-state index in [1.807, 2.05) is 12.1 Å². The fourth-order valence-corrected chi connectivity index (χ4v) is 2.93. The Morgan fingerprint density at radius 2 is 1.89 bits per heavy atom. The number of hydrogen-bond donors (Lipinski definition) is 0. The quantitative estimate of drug-likeness (QED) is 0.558. The molecule has 0 nitrogen and oxygen atoms in total. The molecule has 0 N–H and O–H groups in total. The van der Waals surface area contributed by atoms with Crippen LogP contribution >= 0.6 is 43.5 Å². The molecule has 0 heterocycles. The summed E-state index contributed by atoms with van der Waals surface area (Å²) in [6.07, 6.45) is 0.963. The zero-order valence-electron chi connectivity index (χ0n) is 9.96. The van der Waals surface area contributed by atoms with E-state index < -0.39 is 0 Å². The maximum Gasteiger partial charge on any atom is 0.0551 e. The van der Waals surface area contributed by atoms with Crippen molar-refractivity contribution in [1.82, 2.24) is 0 Å². The zero-order chi connectivity index (χ0) is 13.1. The Kier molecular flexibility index (Phi) is 4.88. The maximum atomic E-state index is 6.12. The molecule has 1 unspecified atom stereocenters. The summed E-state index contributed by atoms with van der Waals surface area (Å²) in [5.74, 6) is 0. The number of alkyl halides is 1. The molecule has 0 aliphatic rings. The molecule has 0 aliphatic carbocycles. The molecule has 0 bridgehead atoms. The fraction of sp³-hybridized carbons (Fsp3) is 0.200. The van der Waals surface area contributed by atoms with Crippen LogP contribution in [0.5, 0.6) is 0 Å². The van der Waals surface area contributed by atoms with Gasteiger partial charge in [-0.25, -0.2) is 0 Å². The predicted molar refractivity (Wildman–Crippen MR) is 85.7 cm³/mol. The SMILES string of the molecule is Cc1ccccc1CC(Br)c1ccc(Br)c(Cl)c1. The van der Waals surface area contributed by atoms with Gasteiger partial charge in [0.25, 0.3) is 0 Å². The van der Waals surface area contributed by atoms with Crippen LogP contribution < -0.4 is 0 Å². The summed E-state index contributed by atoms with van der Waals surface area (Å²) in [5.41, 5.74) is 3.88. The summed E-state index contributed by atoms with van der Waals surface area (Å²) < 4.78 is 0.934. The molecule has 0 fully saturated rings. The third-order valence-corrected chi connectivity index (χ3v) is 5.05. The van der Waals surface area contributed by atoms with E-state index in [0.29, 0.717) is 0 Å². The van der Waals surface area contributed by atoms with Crippen LogP contribution in [0.2, 0.25) is 5.02 Å². The van der Waals surface area contributed by atoms with E-state index in [-0.39, 0.29) is 4.83 Å². The van der Waals surface area contributed by atoms with Crippen molar-refractivity contribution >= 4 is 43.5 Å². The van der Waals surface area contributed by atoms with E-state index >= 15 is 0 Å². The van der Waals surface area contributed by atoms with Crippen LogP contribution in [0.15, 0.2) is 46.9 Å². The maximum absolute atomic E-state index is 6.12. The standard InChI is InChI=1S/C15H13Br2Cl/c1-10-4-2-3-5-11(10)8-14(17)12-6-7-13(16)15(18)9-12/h2-7,9,14H,8H2,1H3. The Labute approximate surface area is 130 Å². The van der Waals surface area contributed by atoms with Crippen molar-refractivity contribution in [1.29, 1.82) is 0 Å². The van der Waals surface area contributed by atoms with E-state index in [1.54, 1.807) is 0 Å². The number of hydrogen-bond acceptors (Lipinski definition) is 0. The Morgan fingerprint density at radius 1 is 1.17 bits per heavy atom. The second-order valence-corrected chi connectivity index (χ2v) is 6.64. The number of aryl methyl sites for hydroxylation is 1. The van der Waals surface area contributed by atoms with E-state index in [9.17, 15) is 0 Å². The summed E-state index contributed by atoms with van der Waals surface area (Å²) in [5, 5.41) is 0.752. The van der Waals surface area contributed by atoms with Crippen molar-refractivity contribution in [3.63, 3.8) is 0 Å². The minimum atomic E-state index is 0.282. The lowest BCUT2D eigenvalue weighted by molar-refractivity contribution is 0.938. The minimum absolute atomic E-state index is 0.282. The van der Waals surface area contributed by atoms with Gasteiger partial charge in [0.05, 0.1) is 5.02 Å². The van der Waals surface area contributed by atoms with E-state index in [1.165, 1.54) is 16.7 Å². The number of rotatable bonds is 3. The summed E-state index contributed by atoms with van der Waals surface area (Å²) in [4.78, 5) is 0.282. The summed E-state index contributed by atoms with van der Waals surface area (Å²) in [6.45, 7) is 2.14. The van der Waals surface area contributed by atoms with Crippen molar-refractivity contribution in [2.24, 2.45) is 0 Å². The molecule has 0 saturated carbocycles. The van der Waals surface area contributed by atoms with Gasteiger partial charge in [-0.3, -0.25) is 0 Å². The zero-order valence-corrected chi connectivity index (χ0v) is 13.9. The van der Waals surface area contributed by atoms with Crippen LogP contribution in [-0.2, 0) is 6.42 Å². The highest BCUT2D eigenvalue weighted by Crippen LogP contribution is 2.32. The molecule has 2 rings (SSSR count). The highest BCUT2D eigenvalue weighted by molar-refractivity contribution is 9.10. The molecular formula is C15H13Br2Cl. The van der Waals surface area contributed by atoms with Gasteiger partial charge in [-0.1, -0.05) is 57.9 Å². The van der Waals surface area contributed by atoms with Gasteiger partial charge in [0.15, 0.2) is 0 Å². The number of benzene rings is 2. The summed E-state index contributed by atoms with van der Waals surface area (Å²) in [7, 11) is 0. The normalized spacial score (nSPS) is 12.4. The molecule has 2 aromatic rings. The third kappa shape index (κ3) is 3.37. The first-order chi connectivity index (χ1) is 8.58. The lowest BCUT2D eigenvalue weighted by Gasteiger charge is -2.13. The first-order valence-corrected chi connectivity index (χ1v) is 7.80. The van der Waals surface area contributed by atoms with Crippen molar-refractivity contribution in [2.45, 2.75) is 18.2 Å². The molecule has 1 atom stereocenters. The van der Waals surface area contributed by atoms with Gasteiger partial charge in [-0.15, -0.1) is 0 Å². The van der Waals surface area contributed by atoms with Crippen LogP contribution in [0.3, 0.4) is 0 Å². The summed E-state index contributed by atoms with van der Waals surface area (Å²) >= 11 is 13.3. The van der Waals surface area contributed by atoms with Gasteiger partial charge in [0.1, 0.15) is 0 Å². The Balaban J connectivity index is 2.19. The van der Waals surface area contributed by atoms with E-state index in [4.69, 9.17) is 11.6 Å². The lowest BCUT2D eigenvalue weighted by Crippen LogP contribution is -1.97. The largest absolute Gasteiger partial charge is 0.0835 e. The van der Waals surface area contributed by atoms with Crippen molar-refractivity contribution < 1.29 is 0 Å². The van der Waals surface area contributed by atoms with Crippen LogP contribution in [-0.4, -0.2) is 0 Å². The van der Waals surface area contributed by atoms with Crippen molar-refractivity contribution in [3.05, 3.63) is 68.7 Å². The van der Waals surface area contributed by atoms with E-state index in [0.717, 1.165) is 15.9 Å². The molecule has 0 amide bonds. The molecule has 0 radical (unpaired) electrons. The molecule has 0 aliphatic heterocycles. The molecule has 0 saturated heterocycles. The van der Waals surface area contributed by atoms with Crippen LogP contribution in [0.4, 0.5) is 0 Å². The van der Waals surface area contributed by atoms with Gasteiger partial charge >= 0.3 is 0 Å². The van der Waals surface area contributed by atoms with E-state index in [2.05, 4.69) is 69.1 Å². The minimum Gasteiger partial charge on any atom is -0.0835 e. The molecule has 2 aromatic carbocycles. The second-order valence-electron chi connectivity index (χ2n) is 4.27. The van der Waals surface area contributed by atoms with Gasteiger partial charge in [-0.05, 0) is 58.1 Å². The van der Waals surface area contributed by atoms with Crippen LogP contribution in [0, 0.1) is 6.92 Å². The smallest absolute Gasteiger partial charge is 0.0551 e. The van der Waals surface area contributed by atoms with Gasteiger partial charge in [0, 0.05) is 9.30 Å². The molecular weight excluding hydrogens is 375 g/mol. The average Bonchev–Trinajstić information content (AvgIpc) is 2.35. The van der Waals surface area contributed by atoms with Gasteiger partial charge in [-0.2, -0.15) is 0 Å². The van der Waals surface area contributed by atoms with Crippen molar-refractivity contribution in [2.75, 3.05) is 0 Å². The first-order valence-electron chi connectivity index (χ1n) is 5.71. The number of halogens is 3. The molecule has 0 spiro atoms. The average molecular weight is 389 g/mol. The molecule has 18 heavy (non-hydrogen) atoms. The summed E-state index contributed by atoms with van der Waals surface area (Å²) in [6, 6.07) is 14.5. The topological polar surface area (TPSA) is 0 Å². The Morgan fingerprint density at radius 3 is 2.56 bits per heavy atom. The van der Waals surface area contributed by atoms with Crippen LogP contribution in [0.1, 0.15) is 21.5 Å². The Bertz CT molecular complexity index is 552. The molecule has 0 aromatic heterocycles. The highest BCUT2D eigenvalue weighted by atomic mass is 79.9. The second kappa shape index (κ2) is 6.23. The highest BCUT2D eigenvalue weighted by Gasteiger charge is 2.11.